The summed E-state index contributed by atoms with van der Waals surface area (Å²) in [6.07, 6.45) is 0. The van der Waals surface area contributed by atoms with E-state index in [1.54, 1.807) is 6.92 Å². The smallest absolute Gasteiger partial charge is 0.540 e. The fourth-order valence-corrected chi connectivity index (χ4v) is 2.10. The summed E-state index contributed by atoms with van der Waals surface area (Å²) in [6.45, 7) is 1.92. The van der Waals surface area contributed by atoms with Crippen LogP contribution in [0.25, 0.3) is 0 Å². The number of halogens is 1. The van der Waals surface area contributed by atoms with Gasteiger partial charge in [-0.05, 0) is 19.1 Å². The summed E-state index contributed by atoms with van der Waals surface area (Å²) in [5, 5.41) is 12.8. The molecule has 0 aliphatic carbocycles. The van der Waals surface area contributed by atoms with Crippen molar-refractivity contribution in [2.75, 3.05) is 17.7 Å². The predicted molar refractivity (Wildman–Crippen MR) is 70.2 cm³/mol. The first-order chi connectivity index (χ1) is 9.43. The molecule has 10 heteroatoms. The average Bonchev–Trinajstić information content (AvgIpc) is 2.39. The first-order valence-corrected chi connectivity index (χ1v) is 6.77. The van der Waals surface area contributed by atoms with Gasteiger partial charge in [-0.25, -0.2) is 4.98 Å². The molecule has 7 nitrogen and oxygen atoms in total. The van der Waals surface area contributed by atoms with E-state index in [1.807, 2.05) is 0 Å². The SMILES string of the molecule is CCOC(=O)CSc1nc(Cl)ccc1NC(=O)C(=O)[O-].[K+]. The Labute approximate surface area is 172 Å². The zero-order valence-corrected chi connectivity index (χ0v) is 16.0. The number of carbonyl (C=O) groups excluding carboxylic acids is 3. The van der Waals surface area contributed by atoms with Crippen molar-refractivity contribution in [2.45, 2.75) is 11.9 Å². The first kappa shape index (κ1) is 20.8. The van der Waals surface area contributed by atoms with E-state index in [4.69, 9.17) is 16.3 Å². The molecule has 0 radical (unpaired) electrons. The molecular formula is C11H10ClKN2O5S. The molecule has 0 aliphatic rings. The molecule has 1 heterocycles. The van der Waals surface area contributed by atoms with Crippen LogP contribution in [-0.2, 0) is 19.1 Å². The van der Waals surface area contributed by atoms with Crippen LogP contribution in [0.5, 0.6) is 0 Å². The predicted octanol–water partition coefficient (Wildman–Crippen LogP) is -2.92. The molecule has 0 saturated carbocycles. The van der Waals surface area contributed by atoms with Crippen molar-refractivity contribution in [3.05, 3.63) is 17.3 Å². The monoisotopic (exact) mass is 356 g/mol. The van der Waals surface area contributed by atoms with Crippen molar-refractivity contribution in [1.82, 2.24) is 4.98 Å². The fraction of sp³-hybridized carbons (Fsp3) is 0.273. The summed E-state index contributed by atoms with van der Waals surface area (Å²) in [6, 6.07) is 2.75. The number of anilines is 1. The van der Waals surface area contributed by atoms with Crippen molar-refractivity contribution in [3.8, 4) is 0 Å². The number of esters is 1. The van der Waals surface area contributed by atoms with Crippen LogP contribution >= 0.6 is 23.4 Å². The van der Waals surface area contributed by atoms with Gasteiger partial charge in [0.25, 0.3) is 5.91 Å². The fourth-order valence-electron chi connectivity index (χ4n) is 1.13. The van der Waals surface area contributed by atoms with Crippen molar-refractivity contribution >= 4 is 46.9 Å². The van der Waals surface area contributed by atoms with E-state index >= 15 is 0 Å². The van der Waals surface area contributed by atoms with Crippen LogP contribution < -0.4 is 61.8 Å². The maximum atomic E-state index is 11.2. The number of carboxylic acids is 1. The van der Waals surface area contributed by atoms with E-state index in [1.165, 1.54) is 12.1 Å². The number of carboxylic acid groups (broad SMARTS) is 1. The Morgan fingerprint density at radius 1 is 1.43 bits per heavy atom. The Morgan fingerprint density at radius 3 is 2.67 bits per heavy atom. The largest absolute Gasteiger partial charge is 1.00 e. The zero-order valence-electron chi connectivity index (χ0n) is 11.3. The third-order valence-electron chi connectivity index (χ3n) is 1.89. The average molecular weight is 357 g/mol. The second-order valence-electron chi connectivity index (χ2n) is 3.32. The molecule has 1 amide bonds. The Balaban J connectivity index is 0.00000400. The molecule has 21 heavy (non-hydrogen) atoms. The first-order valence-electron chi connectivity index (χ1n) is 5.41. The van der Waals surface area contributed by atoms with Crippen LogP contribution in [0.3, 0.4) is 0 Å². The molecule has 0 unspecified atom stereocenters. The van der Waals surface area contributed by atoms with E-state index in [0.29, 0.717) is 0 Å². The molecular weight excluding hydrogens is 347 g/mol. The summed E-state index contributed by atoms with van der Waals surface area (Å²) < 4.78 is 4.74. The number of amides is 1. The molecule has 0 aromatic carbocycles. The normalized spacial score (nSPS) is 9.43. The number of hydrogen-bond donors (Lipinski definition) is 1. The second-order valence-corrected chi connectivity index (χ2v) is 4.67. The van der Waals surface area contributed by atoms with E-state index in [2.05, 4.69) is 10.3 Å². The van der Waals surface area contributed by atoms with Crippen LogP contribution in [0, 0.1) is 0 Å². The molecule has 0 fully saturated rings. The van der Waals surface area contributed by atoms with Gasteiger partial charge in [-0.2, -0.15) is 0 Å². The minimum Gasteiger partial charge on any atom is -0.540 e. The molecule has 1 N–H and O–H groups in total. The number of ether oxygens (including phenoxy) is 1. The zero-order chi connectivity index (χ0) is 15.1. The van der Waals surface area contributed by atoms with E-state index in [0.717, 1.165) is 11.8 Å². The number of carbonyl (C=O) groups is 3. The summed E-state index contributed by atoms with van der Waals surface area (Å²) >= 11 is 6.68. The molecule has 1 aromatic heterocycles. The van der Waals surface area contributed by atoms with Gasteiger partial charge in [-0.15, -0.1) is 0 Å². The summed E-state index contributed by atoms with van der Waals surface area (Å²) in [5.74, 6) is -3.69. The Kier molecular flexibility index (Phi) is 10.5. The third-order valence-corrected chi connectivity index (χ3v) is 3.07. The van der Waals surface area contributed by atoms with Crippen molar-refractivity contribution in [3.63, 3.8) is 0 Å². The van der Waals surface area contributed by atoms with Gasteiger partial charge in [0, 0.05) is 0 Å². The molecule has 0 saturated heterocycles. The van der Waals surface area contributed by atoms with Crippen molar-refractivity contribution in [2.24, 2.45) is 0 Å². The van der Waals surface area contributed by atoms with Crippen molar-refractivity contribution < 1.29 is 75.6 Å². The number of aliphatic carboxylic acids is 1. The minimum atomic E-state index is -1.87. The maximum Gasteiger partial charge on any atom is 1.00 e. The van der Waals surface area contributed by atoms with Crippen LogP contribution in [-0.4, -0.2) is 35.2 Å². The number of nitrogens with one attached hydrogen (secondary N) is 1. The summed E-state index contributed by atoms with van der Waals surface area (Å²) in [5.41, 5.74) is 0.123. The van der Waals surface area contributed by atoms with Gasteiger partial charge in [0.05, 0.1) is 18.0 Å². The Morgan fingerprint density at radius 2 is 2.10 bits per heavy atom. The van der Waals surface area contributed by atoms with Gasteiger partial charge in [0.1, 0.15) is 16.1 Å². The molecule has 1 aromatic rings. The van der Waals surface area contributed by atoms with Gasteiger partial charge in [-0.1, -0.05) is 23.4 Å². The maximum absolute atomic E-state index is 11.2. The van der Waals surface area contributed by atoms with Gasteiger partial charge >= 0.3 is 57.4 Å². The molecule has 0 spiro atoms. The quantitative estimate of drug-likeness (QED) is 0.198. The topological polar surface area (TPSA) is 108 Å². The minimum absolute atomic E-state index is 0. The number of thioether (sulfide) groups is 1. The van der Waals surface area contributed by atoms with Gasteiger partial charge in [-0.3, -0.25) is 9.59 Å². The van der Waals surface area contributed by atoms with Crippen LogP contribution in [0.4, 0.5) is 5.69 Å². The number of hydrogen-bond acceptors (Lipinski definition) is 7. The number of pyridine rings is 1. The molecule has 108 valence electrons. The molecule has 0 atom stereocenters. The van der Waals surface area contributed by atoms with E-state index < -0.39 is 17.8 Å². The third kappa shape index (κ3) is 7.59. The van der Waals surface area contributed by atoms with Crippen LogP contribution in [0.2, 0.25) is 5.15 Å². The Bertz CT molecular complexity index is 543. The molecule has 0 bridgehead atoms. The van der Waals surface area contributed by atoms with Gasteiger partial charge in [0.2, 0.25) is 0 Å². The van der Waals surface area contributed by atoms with Gasteiger partial charge in [0.15, 0.2) is 0 Å². The summed E-state index contributed by atoms with van der Waals surface area (Å²) in [7, 11) is 0. The molecule has 0 aliphatic heterocycles. The van der Waals surface area contributed by atoms with Gasteiger partial charge < -0.3 is 20.0 Å². The number of aromatic nitrogens is 1. The van der Waals surface area contributed by atoms with Crippen molar-refractivity contribution in [1.29, 1.82) is 0 Å². The van der Waals surface area contributed by atoms with E-state index in [-0.39, 0.29) is 79.6 Å². The second kappa shape index (κ2) is 10.5. The Hall–Kier alpha value is -0.164. The molecule has 1 rings (SSSR count). The number of rotatable bonds is 5. The standard InChI is InChI=1S/C11H11ClN2O5S.K/c1-2-19-8(15)5-20-10-6(3-4-7(12)14-10)13-9(16)11(17)18;/h3-4H,2,5H2,1H3,(H,13,16)(H,17,18);/q;+1/p-1. The van der Waals surface area contributed by atoms with E-state index in [9.17, 15) is 19.5 Å². The van der Waals surface area contributed by atoms with Crippen LogP contribution in [0.1, 0.15) is 6.92 Å². The van der Waals surface area contributed by atoms with Crippen LogP contribution in [0.15, 0.2) is 17.2 Å². The number of nitrogens with zero attached hydrogens (tertiary/aromatic N) is 1. The summed E-state index contributed by atoms with van der Waals surface area (Å²) in [4.78, 5) is 36.6.